The largest absolute Gasteiger partial charge is 0.338 e. The van der Waals surface area contributed by atoms with Gasteiger partial charge in [-0.3, -0.25) is 4.90 Å². The summed E-state index contributed by atoms with van der Waals surface area (Å²) in [6.07, 6.45) is 0.490. The predicted molar refractivity (Wildman–Crippen MR) is 120 cm³/mol. The highest BCUT2D eigenvalue weighted by Gasteiger charge is 2.17. The maximum absolute atomic E-state index is 13.3. The molecule has 0 aromatic heterocycles. The second-order valence-electron chi connectivity index (χ2n) is 7.67. The first-order valence-corrected chi connectivity index (χ1v) is 10.2. The number of rotatable bonds is 6. The molecule has 2 rings (SSSR count). The molecule has 0 unspecified atom stereocenters. The lowest BCUT2D eigenvalue weighted by Gasteiger charge is -2.24. The zero-order valence-electron chi connectivity index (χ0n) is 17.1. The summed E-state index contributed by atoms with van der Waals surface area (Å²) < 4.78 is 13.3. The van der Waals surface area contributed by atoms with Crippen LogP contribution in [0.5, 0.6) is 0 Å². The molecular formula is C21H25Cl2FN4O2. The minimum Gasteiger partial charge on any atom is -0.338 e. The lowest BCUT2D eigenvalue weighted by molar-refractivity contribution is 0.232. The van der Waals surface area contributed by atoms with Gasteiger partial charge in [0.2, 0.25) is 0 Å². The van der Waals surface area contributed by atoms with Crippen molar-refractivity contribution < 1.29 is 14.0 Å². The van der Waals surface area contributed by atoms with Gasteiger partial charge in [-0.2, -0.15) is 0 Å². The fourth-order valence-electron chi connectivity index (χ4n) is 2.56. The van der Waals surface area contributed by atoms with Crippen molar-refractivity contribution in [2.45, 2.75) is 32.7 Å². The molecule has 9 heteroatoms. The maximum Gasteiger partial charge on any atom is 0.326 e. The molecule has 0 atom stereocenters. The molecule has 2 aromatic carbocycles. The second kappa shape index (κ2) is 10.5. The molecule has 3 N–H and O–H groups in total. The number of halogens is 3. The maximum atomic E-state index is 13.3. The van der Waals surface area contributed by atoms with Crippen LogP contribution < -0.4 is 20.9 Å². The number of carbonyl (C=O) groups is 2. The molecule has 0 fully saturated rings. The molecule has 0 bridgehead atoms. The van der Waals surface area contributed by atoms with Crippen molar-refractivity contribution in [3.8, 4) is 0 Å². The van der Waals surface area contributed by atoms with Crippen molar-refractivity contribution >= 4 is 46.6 Å². The minimum absolute atomic E-state index is 0.281. The van der Waals surface area contributed by atoms with Crippen LogP contribution in [0.2, 0.25) is 10.0 Å². The van der Waals surface area contributed by atoms with E-state index in [1.807, 2.05) is 20.8 Å². The molecule has 0 aliphatic carbocycles. The number of urea groups is 2. The Bertz CT molecular complexity index is 886. The number of anilines is 2. The first-order chi connectivity index (χ1) is 14.0. The summed E-state index contributed by atoms with van der Waals surface area (Å²) in [6.45, 7) is 6.32. The highest BCUT2D eigenvalue weighted by molar-refractivity contribution is 6.42. The summed E-state index contributed by atoms with van der Waals surface area (Å²) in [5, 5.41) is 9.01. The number of amides is 4. The topological polar surface area (TPSA) is 73.5 Å². The van der Waals surface area contributed by atoms with Gasteiger partial charge in [0.05, 0.1) is 10.0 Å². The molecule has 6 nitrogen and oxygen atoms in total. The van der Waals surface area contributed by atoms with E-state index in [1.54, 1.807) is 18.2 Å². The average Bonchev–Trinajstić information content (AvgIpc) is 2.64. The monoisotopic (exact) mass is 454 g/mol. The summed E-state index contributed by atoms with van der Waals surface area (Å²) in [6, 6.07) is 9.66. The summed E-state index contributed by atoms with van der Waals surface area (Å²) in [7, 11) is 0. The highest BCUT2D eigenvalue weighted by Crippen LogP contribution is 2.25. The Hall–Kier alpha value is -2.51. The zero-order chi connectivity index (χ0) is 22.3. The van der Waals surface area contributed by atoms with Gasteiger partial charge in [0.15, 0.2) is 0 Å². The van der Waals surface area contributed by atoms with Crippen LogP contribution in [0, 0.1) is 5.82 Å². The zero-order valence-corrected chi connectivity index (χ0v) is 18.6. The van der Waals surface area contributed by atoms with Gasteiger partial charge >= 0.3 is 12.1 Å². The van der Waals surface area contributed by atoms with Crippen LogP contribution >= 0.6 is 23.2 Å². The second-order valence-corrected chi connectivity index (χ2v) is 8.49. The Balaban J connectivity index is 2.03. The molecule has 162 valence electrons. The number of nitrogens with one attached hydrogen (secondary N) is 3. The van der Waals surface area contributed by atoms with E-state index in [2.05, 4.69) is 16.0 Å². The molecule has 2 aromatic rings. The van der Waals surface area contributed by atoms with E-state index in [0.29, 0.717) is 40.9 Å². The number of carbonyl (C=O) groups excluding carboxylic acids is 2. The van der Waals surface area contributed by atoms with Crippen LogP contribution in [0.25, 0.3) is 0 Å². The van der Waals surface area contributed by atoms with Crippen LogP contribution in [-0.2, 0) is 0 Å². The van der Waals surface area contributed by atoms with Gasteiger partial charge in [-0.05, 0) is 69.7 Å². The van der Waals surface area contributed by atoms with Crippen LogP contribution in [0.4, 0.5) is 25.4 Å². The lowest BCUT2D eigenvalue weighted by atomic mass is 10.1. The molecule has 0 radical (unpaired) electrons. The highest BCUT2D eigenvalue weighted by atomic mass is 35.5. The van der Waals surface area contributed by atoms with Crippen molar-refractivity contribution in [1.29, 1.82) is 0 Å². The normalized spacial score (nSPS) is 11.0. The number of hydrogen-bond acceptors (Lipinski definition) is 2. The van der Waals surface area contributed by atoms with Crippen molar-refractivity contribution in [2.24, 2.45) is 0 Å². The van der Waals surface area contributed by atoms with E-state index in [9.17, 15) is 14.0 Å². The Morgan fingerprint density at radius 1 is 1.03 bits per heavy atom. The van der Waals surface area contributed by atoms with Crippen LogP contribution in [0.15, 0.2) is 42.5 Å². The fraction of sp³-hybridized carbons (Fsp3) is 0.333. The predicted octanol–water partition coefficient (Wildman–Crippen LogP) is 5.66. The molecule has 30 heavy (non-hydrogen) atoms. The van der Waals surface area contributed by atoms with Gasteiger partial charge in [0.1, 0.15) is 5.82 Å². The smallest absolute Gasteiger partial charge is 0.326 e. The van der Waals surface area contributed by atoms with E-state index in [-0.39, 0.29) is 11.6 Å². The summed E-state index contributed by atoms with van der Waals surface area (Å²) in [4.78, 5) is 26.2. The standard InChI is InChI=1S/C21H25Cl2FN4O2/c1-21(2,3)27-19(29)25-11-4-12-28(16-8-5-14(24)6-9-16)20(30)26-15-7-10-17(22)18(23)13-15/h5-10,13H,4,11-12H2,1-3H3,(H,26,30)(H2,25,27,29). The molecule has 0 spiro atoms. The van der Waals surface area contributed by atoms with Gasteiger partial charge in [0, 0.05) is 30.0 Å². The quantitative estimate of drug-likeness (QED) is 0.492. The van der Waals surface area contributed by atoms with Crippen molar-refractivity contribution in [3.05, 3.63) is 58.3 Å². The molecule has 0 saturated carbocycles. The first kappa shape index (κ1) is 23.8. The number of benzene rings is 2. The van der Waals surface area contributed by atoms with E-state index in [0.717, 1.165) is 0 Å². The summed E-state index contributed by atoms with van der Waals surface area (Å²) in [5.74, 6) is -0.399. The first-order valence-electron chi connectivity index (χ1n) is 9.40. The van der Waals surface area contributed by atoms with Crippen LogP contribution in [-0.4, -0.2) is 30.7 Å². The fourth-order valence-corrected chi connectivity index (χ4v) is 2.86. The average molecular weight is 455 g/mol. The third-order valence-corrected chi connectivity index (χ3v) is 4.63. The van der Waals surface area contributed by atoms with Gasteiger partial charge in [-0.1, -0.05) is 23.2 Å². The van der Waals surface area contributed by atoms with Gasteiger partial charge < -0.3 is 16.0 Å². The molecule has 0 heterocycles. The Labute approximate surface area is 185 Å². The van der Waals surface area contributed by atoms with Crippen molar-refractivity contribution in [2.75, 3.05) is 23.3 Å². The van der Waals surface area contributed by atoms with E-state index in [1.165, 1.54) is 29.2 Å². The van der Waals surface area contributed by atoms with Gasteiger partial charge in [-0.25, -0.2) is 14.0 Å². The van der Waals surface area contributed by atoms with Crippen LogP contribution in [0.3, 0.4) is 0 Å². The molecule has 0 aliphatic rings. The lowest BCUT2D eigenvalue weighted by Crippen LogP contribution is -2.47. The Kier molecular flexibility index (Phi) is 8.32. The molecule has 0 saturated heterocycles. The summed E-state index contributed by atoms with van der Waals surface area (Å²) >= 11 is 11.9. The SMILES string of the molecule is CC(C)(C)NC(=O)NCCCN(C(=O)Nc1ccc(Cl)c(Cl)c1)c1ccc(F)cc1. The van der Waals surface area contributed by atoms with Crippen LogP contribution in [0.1, 0.15) is 27.2 Å². The Morgan fingerprint density at radius 2 is 1.70 bits per heavy atom. The van der Waals surface area contributed by atoms with E-state index in [4.69, 9.17) is 23.2 Å². The minimum atomic E-state index is -0.417. The summed E-state index contributed by atoms with van der Waals surface area (Å²) in [5.41, 5.74) is 0.654. The number of nitrogens with zero attached hydrogens (tertiary/aromatic N) is 1. The molecule has 0 aliphatic heterocycles. The van der Waals surface area contributed by atoms with Gasteiger partial charge in [0.25, 0.3) is 0 Å². The third-order valence-electron chi connectivity index (χ3n) is 3.89. The third kappa shape index (κ3) is 7.72. The van der Waals surface area contributed by atoms with E-state index >= 15 is 0 Å². The van der Waals surface area contributed by atoms with Crippen molar-refractivity contribution in [3.63, 3.8) is 0 Å². The molecule has 4 amide bonds. The van der Waals surface area contributed by atoms with E-state index < -0.39 is 11.8 Å². The molecular weight excluding hydrogens is 430 g/mol. The number of hydrogen-bond donors (Lipinski definition) is 3. The van der Waals surface area contributed by atoms with Crippen molar-refractivity contribution in [1.82, 2.24) is 10.6 Å². The Morgan fingerprint density at radius 3 is 2.30 bits per heavy atom. The van der Waals surface area contributed by atoms with Gasteiger partial charge in [-0.15, -0.1) is 0 Å².